The average molecular weight is 382 g/mol. The molecule has 0 saturated heterocycles. The quantitative estimate of drug-likeness (QED) is 0.727. The van der Waals surface area contributed by atoms with Crippen LogP contribution in [0.4, 0.5) is 0 Å². The Kier molecular flexibility index (Phi) is 3.43. The third-order valence-corrected chi connectivity index (χ3v) is 8.69. The number of carbonyl (C=O) groups is 3. The normalized spacial score (nSPS) is 44.4. The standard InChI is InChI=1S/C23H26O5/c1-21-7-4-14-17-13(5-10-23(14,21)16(25)6-8-21)22(2)9-3-12(24)11-15(22)19(26)18(17)20(27)28/h4,11,18-19,26H,3,5-10H2,1-2H3,(H,27,28)/t18-,19+,21-,22?,23+/m0/s1. The van der Waals surface area contributed by atoms with Gasteiger partial charge in [-0.2, -0.15) is 0 Å². The number of fused-ring (bicyclic) bond motifs is 3. The first-order valence-electron chi connectivity index (χ1n) is 10.3. The smallest absolute Gasteiger partial charge is 0.313 e. The predicted molar refractivity (Wildman–Crippen MR) is 101 cm³/mol. The Morgan fingerprint density at radius 1 is 1.11 bits per heavy atom. The maximum Gasteiger partial charge on any atom is 0.313 e. The fourth-order valence-corrected chi connectivity index (χ4v) is 7.12. The molecule has 5 rings (SSSR count). The monoisotopic (exact) mass is 382 g/mol. The summed E-state index contributed by atoms with van der Waals surface area (Å²) in [5.74, 6) is -2.02. The molecule has 0 radical (unpaired) electrons. The van der Waals surface area contributed by atoms with Gasteiger partial charge in [0, 0.05) is 18.3 Å². The number of hydrogen-bond acceptors (Lipinski definition) is 4. The maximum atomic E-state index is 13.1. The second-order valence-corrected chi connectivity index (χ2v) is 9.76. The molecule has 2 N–H and O–H groups in total. The van der Waals surface area contributed by atoms with Crippen molar-refractivity contribution < 1.29 is 24.6 Å². The zero-order chi connectivity index (χ0) is 20.1. The lowest BCUT2D eigenvalue weighted by molar-refractivity contribution is -0.144. The molecule has 1 saturated carbocycles. The molecule has 5 aliphatic rings. The molecule has 5 aliphatic carbocycles. The molecule has 0 aromatic heterocycles. The number of rotatable bonds is 1. The van der Waals surface area contributed by atoms with E-state index in [4.69, 9.17) is 0 Å². The van der Waals surface area contributed by atoms with Crippen LogP contribution in [0, 0.1) is 22.2 Å². The Balaban J connectivity index is 1.78. The van der Waals surface area contributed by atoms with Crippen molar-refractivity contribution in [2.24, 2.45) is 22.2 Å². The Hall–Kier alpha value is -2.01. The molecule has 1 fully saturated rings. The molecular formula is C23H26O5. The summed E-state index contributed by atoms with van der Waals surface area (Å²) in [4.78, 5) is 37.5. The molecule has 0 bridgehead atoms. The van der Waals surface area contributed by atoms with Gasteiger partial charge in [0.05, 0.1) is 11.5 Å². The minimum Gasteiger partial charge on any atom is -0.481 e. The lowest BCUT2D eigenvalue weighted by atomic mass is 9.50. The zero-order valence-electron chi connectivity index (χ0n) is 16.4. The summed E-state index contributed by atoms with van der Waals surface area (Å²) in [6.45, 7) is 4.19. The van der Waals surface area contributed by atoms with Gasteiger partial charge in [-0.15, -0.1) is 0 Å². The molecule has 0 heterocycles. The van der Waals surface area contributed by atoms with Gasteiger partial charge >= 0.3 is 5.97 Å². The zero-order valence-corrected chi connectivity index (χ0v) is 16.4. The van der Waals surface area contributed by atoms with Crippen molar-refractivity contribution in [3.05, 3.63) is 34.4 Å². The minimum absolute atomic E-state index is 0.0504. The summed E-state index contributed by atoms with van der Waals surface area (Å²) in [6.07, 6.45) is 6.87. The lowest BCUT2D eigenvalue weighted by Gasteiger charge is -2.53. The van der Waals surface area contributed by atoms with E-state index in [1.54, 1.807) is 0 Å². The molecule has 1 unspecified atom stereocenters. The fraction of sp³-hybridized carbons (Fsp3) is 0.609. The highest BCUT2D eigenvalue weighted by molar-refractivity contribution is 5.96. The molecule has 5 nitrogen and oxygen atoms in total. The van der Waals surface area contributed by atoms with Crippen molar-refractivity contribution in [3.63, 3.8) is 0 Å². The maximum absolute atomic E-state index is 13.1. The second kappa shape index (κ2) is 5.32. The van der Waals surface area contributed by atoms with Crippen LogP contribution in [0.1, 0.15) is 58.8 Å². The van der Waals surface area contributed by atoms with Gasteiger partial charge in [-0.05, 0) is 60.3 Å². The number of aliphatic hydroxyl groups is 1. The van der Waals surface area contributed by atoms with Crippen LogP contribution in [0.5, 0.6) is 0 Å². The van der Waals surface area contributed by atoms with Crippen molar-refractivity contribution in [3.8, 4) is 0 Å². The van der Waals surface area contributed by atoms with Crippen LogP contribution in [0.3, 0.4) is 0 Å². The van der Waals surface area contributed by atoms with Crippen LogP contribution < -0.4 is 0 Å². The van der Waals surface area contributed by atoms with Crippen LogP contribution >= 0.6 is 0 Å². The molecular weight excluding hydrogens is 356 g/mol. The molecule has 1 spiro atoms. The summed E-state index contributed by atoms with van der Waals surface area (Å²) in [5, 5.41) is 21.2. The van der Waals surface area contributed by atoms with E-state index in [2.05, 4.69) is 13.0 Å². The van der Waals surface area contributed by atoms with Gasteiger partial charge < -0.3 is 10.2 Å². The molecule has 5 atom stereocenters. The van der Waals surface area contributed by atoms with E-state index in [-0.39, 0.29) is 17.0 Å². The Bertz CT molecular complexity index is 937. The van der Waals surface area contributed by atoms with Gasteiger partial charge in [-0.25, -0.2) is 0 Å². The van der Waals surface area contributed by atoms with Crippen molar-refractivity contribution >= 4 is 17.5 Å². The first-order chi connectivity index (χ1) is 13.2. The number of ketones is 2. The van der Waals surface area contributed by atoms with Crippen LogP contribution in [-0.2, 0) is 14.4 Å². The van der Waals surface area contributed by atoms with Crippen LogP contribution in [0.25, 0.3) is 0 Å². The first-order valence-corrected chi connectivity index (χ1v) is 10.3. The molecule has 0 aromatic rings. The van der Waals surface area contributed by atoms with E-state index in [0.717, 1.165) is 24.0 Å². The molecule has 0 aliphatic heterocycles. The number of carbonyl (C=O) groups excluding carboxylic acids is 2. The highest BCUT2D eigenvalue weighted by atomic mass is 16.4. The van der Waals surface area contributed by atoms with E-state index in [1.165, 1.54) is 6.08 Å². The van der Waals surface area contributed by atoms with E-state index < -0.39 is 28.8 Å². The summed E-state index contributed by atoms with van der Waals surface area (Å²) >= 11 is 0. The number of aliphatic hydroxyl groups excluding tert-OH is 1. The van der Waals surface area contributed by atoms with Crippen LogP contribution in [-0.4, -0.2) is 33.9 Å². The van der Waals surface area contributed by atoms with Gasteiger partial charge in [0.15, 0.2) is 5.78 Å². The van der Waals surface area contributed by atoms with E-state index in [1.807, 2.05) is 6.92 Å². The third-order valence-electron chi connectivity index (χ3n) is 8.69. The lowest BCUT2D eigenvalue weighted by Crippen LogP contribution is -2.51. The molecule has 148 valence electrons. The van der Waals surface area contributed by atoms with Gasteiger partial charge in [-0.1, -0.05) is 25.5 Å². The Morgan fingerprint density at radius 3 is 2.57 bits per heavy atom. The molecule has 0 amide bonds. The molecule has 0 aromatic carbocycles. The summed E-state index contributed by atoms with van der Waals surface area (Å²) in [6, 6.07) is 0. The van der Waals surface area contributed by atoms with Gasteiger partial charge in [0.25, 0.3) is 0 Å². The fourth-order valence-electron chi connectivity index (χ4n) is 7.12. The molecule has 28 heavy (non-hydrogen) atoms. The number of hydrogen-bond donors (Lipinski definition) is 2. The van der Waals surface area contributed by atoms with E-state index in [9.17, 15) is 24.6 Å². The number of carboxylic acid groups (broad SMARTS) is 1. The minimum atomic E-state index is -1.23. The predicted octanol–water partition coefficient (Wildman–Crippen LogP) is 3.13. The number of aliphatic carboxylic acids is 1. The number of Topliss-reactive ketones (excluding diaryl/α,β-unsaturated/α-hetero) is 1. The summed E-state index contributed by atoms with van der Waals surface area (Å²) < 4.78 is 0. The first kappa shape index (κ1) is 18.0. The highest BCUT2D eigenvalue weighted by Crippen LogP contribution is 2.70. The SMILES string of the molecule is CC12CCC(=O)C=C1[C@@H](O)[C@@H](C(=O)O)C1=C2CC[C@@]23C(=O)CC[C@]2(C)CC=C13. The van der Waals surface area contributed by atoms with E-state index >= 15 is 0 Å². The summed E-state index contributed by atoms with van der Waals surface area (Å²) in [5.41, 5.74) is 1.90. The van der Waals surface area contributed by atoms with Crippen molar-refractivity contribution in [2.75, 3.05) is 0 Å². The van der Waals surface area contributed by atoms with E-state index in [0.29, 0.717) is 43.3 Å². The largest absolute Gasteiger partial charge is 0.481 e. The van der Waals surface area contributed by atoms with Crippen molar-refractivity contribution in [2.45, 2.75) is 64.9 Å². The Labute approximate surface area is 164 Å². The van der Waals surface area contributed by atoms with Gasteiger partial charge in [-0.3, -0.25) is 14.4 Å². The van der Waals surface area contributed by atoms with Crippen molar-refractivity contribution in [1.29, 1.82) is 0 Å². The average Bonchev–Trinajstić information content (AvgIpc) is 3.07. The molecule has 5 heteroatoms. The number of carboxylic acids is 1. The third kappa shape index (κ3) is 1.84. The van der Waals surface area contributed by atoms with Gasteiger partial charge in [0.1, 0.15) is 11.7 Å². The topological polar surface area (TPSA) is 91.7 Å². The second-order valence-electron chi connectivity index (χ2n) is 9.76. The number of allylic oxidation sites excluding steroid dienone is 4. The van der Waals surface area contributed by atoms with Crippen molar-refractivity contribution in [1.82, 2.24) is 0 Å². The highest BCUT2D eigenvalue weighted by Gasteiger charge is 2.66. The van der Waals surface area contributed by atoms with Gasteiger partial charge in [0.2, 0.25) is 0 Å². The van der Waals surface area contributed by atoms with Crippen LogP contribution in [0.15, 0.2) is 34.4 Å². The Morgan fingerprint density at radius 2 is 1.86 bits per heavy atom. The summed E-state index contributed by atoms with van der Waals surface area (Å²) in [7, 11) is 0. The van der Waals surface area contributed by atoms with Crippen LogP contribution in [0.2, 0.25) is 0 Å².